The highest BCUT2D eigenvalue weighted by Crippen LogP contribution is 2.42. The fourth-order valence-electron chi connectivity index (χ4n) is 3.30. The van der Waals surface area contributed by atoms with Crippen molar-refractivity contribution in [2.75, 3.05) is 6.54 Å². The molecule has 0 radical (unpaired) electrons. The first kappa shape index (κ1) is 19.2. The van der Waals surface area contributed by atoms with Crippen LogP contribution >= 0.6 is 22.6 Å². The highest BCUT2D eigenvalue weighted by atomic mass is 127. The third-order valence-electron chi connectivity index (χ3n) is 4.40. The predicted molar refractivity (Wildman–Crippen MR) is 111 cm³/mol. The lowest BCUT2D eigenvalue weighted by Gasteiger charge is -2.28. The normalized spacial score (nSPS) is 19.6. The number of hydrogen-bond acceptors (Lipinski definition) is 3. The van der Waals surface area contributed by atoms with E-state index in [0.29, 0.717) is 6.54 Å². The first-order valence-electron chi connectivity index (χ1n) is 8.85. The third-order valence-corrected chi connectivity index (χ3v) is 5.12. The predicted octanol–water partition coefficient (Wildman–Crippen LogP) is 5.39. The molecule has 0 aliphatic carbocycles. The summed E-state index contributed by atoms with van der Waals surface area (Å²) >= 11 is 2.29. The maximum Gasteiger partial charge on any atom is 0.410 e. The lowest BCUT2D eigenvalue weighted by Crippen LogP contribution is -2.37. The molecular weight excluding hydrogens is 441 g/mol. The van der Waals surface area contributed by atoms with Crippen LogP contribution in [0.5, 0.6) is 0 Å². The summed E-state index contributed by atoms with van der Waals surface area (Å²) in [4.78, 5) is 22.6. The molecule has 1 aliphatic heterocycles. The van der Waals surface area contributed by atoms with Crippen LogP contribution in [0.15, 0.2) is 30.5 Å². The summed E-state index contributed by atoms with van der Waals surface area (Å²) in [5.74, 6) is 0.815. The van der Waals surface area contributed by atoms with Crippen LogP contribution in [0.1, 0.15) is 52.9 Å². The van der Waals surface area contributed by atoms with Gasteiger partial charge in [-0.1, -0.05) is 26.0 Å². The van der Waals surface area contributed by atoms with E-state index < -0.39 is 5.60 Å². The number of rotatable bonds is 2. The van der Waals surface area contributed by atoms with Gasteiger partial charge in [0.1, 0.15) is 11.4 Å². The molecule has 0 unspecified atom stereocenters. The molecule has 1 amide bonds. The monoisotopic (exact) mass is 467 g/mol. The zero-order valence-corrected chi connectivity index (χ0v) is 18.1. The number of halogens is 1. The van der Waals surface area contributed by atoms with E-state index in [1.54, 1.807) is 0 Å². The van der Waals surface area contributed by atoms with E-state index in [9.17, 15) is 4.79 Å². The average Bonchev–Trinajstić information content (AvgIpc) is 3.10. The van der Waals surface area contributed by atoms with E-state index in [-0.39, 0.29) is 17.6 Å². The molecule has 1 aliphatic rings. The zero-order valence-electron chi connectivity index (χ0n) is 16.0. The van der Waals surface area contributed by atoms with Crippen molar-refractivity contribution in [1.82, 2.24) is 14.9 Å². The summed E-state index contributed by atoms with van der Waals surface area (Å²) in [6.45, 7) is 10.7. The third kappa shape index (κ3) is 4.39. The number of likely N-dealkylation sites (tertiary alicyclic amines) is 1. The number of amides is 1. The van der Waals surface area contributed by atoms with E-state index in [4.69, 9.17) is 9.72 Å². The Bertz CT molecular complexity index is 790. The molecule has 0 saturated carbocycles. The number of carbonyl (C=O) groups excluding carboxylic acids is 1. The van der Waals surface area contributed by atoms with Crippen LogP contribution in [0.3, 0.4) is 0 Å². The molecule has 1 saturated heterocycles. The van der Waals surface area contributed by atoms with Gasteiger partial charge in [-0.3, -0.25) is 4.90 Å². The van der Waals surface area contributed by atoms with E-state index in [1.807, 2.05) is 31.9 Å². The van der Waals surface area contributed by atoms with Gasteiger partial charge in [0.15, 0.2) is 0 Å². The van der Waals surface area contributed by atoms with Crippen LogP contribution in [0.2, 0.25) is 0 Å². The molecule has 3 rings (SSSR count). The Hall–Kier alpha value is -1.57. The van der Waals surface area contributed by atoms with E-state index in [1.165, 1.54) is 3.57 Å². The number of hydrogen-bond donors (Lipinski definition) is 1. The number of nitrogens with zero attached hydrogens (tertiary/aromatic N) is 2. The second kappa shape index (κ2) is 6.87. The molecule has 140 valence electrons. The second-order valence-corrected chi connectivity index (χ2v) is 9.92. The molecule has 1 aromatic carbocycles. The van der Waals surface area contributed by atoms with E-state index in [0.717, 1.165) is 23.5 Å². The van der Waals surface area contributed by atoms with Crippen LogP contribution in [0, 0.1) is 8.99 Å². The van der Waals surface area contributed by atoms with Crippen molar-refractivity contribution < 1.29 is 9.53 Å². The number of benzene rings is 1. The van der Waals surface area contributed by atoms with E-state index >= 15 is 0 Å². The molecule has 5 nitrogen and oxygen atoms in total. The van der Waals surface area contributed by atoms with Gasteiger partial charge in [0, 0.05) is 21.9 Å². The Morgan fingerprint density at radius 2 is 1.96 bits per heavy atom. The first-order chi connectivity index (χ1) is 12.0. The summed E-state index contributed by atoms with van der Waals surface area (Å²) in [5, 5.41) is 0. The maximum absolute atomic E-state index is 12.7. The molecule has 0 spiro atoms. The number of carbonyl (C=O) groups is 1. The summed E-state index contributed by atoms with van der Waals surface area (Å²) in [5.41, 5.74) is 1.47. The SMILES string of the molecule is CC1(C)C[C@@H](c2nc(-c3ccc(I)cc3)c[nH]2)N(C(=O)OC(C)(C)C)C1. The molecule has 0 bridgehead atoms. The number of aromatic nitrogens is 2. The van der Waals surface area contributed by atoms with Crippen molar-refractivity contribution in [1.29, 1.82) is 0 Å². The quantitative estimate of drug-likeness (QED) is 0.603. The lowest BCUT2D eigenvalue weighted by atomic mass is 9.90. The summed E-state index contributed by atoms with van der Waals surface area (Å²) in [7, 11) is 0. The molecule has 1 fully saturated rings. The second-order valence-electron chi connectivity index (χ2n) is 8.67. The number of H-pyrrole nitrogens is 1. The number of ether oxygens (including phenoxy) is 1. The Balaban J connectivity index is 1.86. The lowest BCUT2D eigenvalue weighted by molar-refractivity contribution is 0.0207. The topological polar surface area (TPSA) is 58.2 Å². The number of aromatic amines is 1. The Labute approximate surface area is 168 Å². The zero-order chi connectivity index (χ0) is 19.1. The van der Waals surface area contributed by atoms with Gasteiger partial charge in [-0.2, -0.15) is 0 Å². The molecule has 1 aromatic heterocycles. The van der Waals surface area contributed by atoms with Gasteiger partial charge in [-0.05, 0) is 67.3 Å². The minimum atomic E-state index is -0.510. The number of imidazole rings is 1. The molecule has 2 heterocycles. The average molecular weight is 467 g/mol. The summed E-state index contributed by atoms with van der Waals surface area (Å²) < 4.78 is 6.81. The standard InChI is InChI=1S/C20H26IN3O2/c1-19(2,3)26-18(25)24-12-20(4,5)10-16(24)17-22-11-15(23-17)13-6-8-14(21)9-7-13/h6-9,11,16H,10,12H2,1-5H3,(H,22,23)/t16-/m0/s1. The minimum Gasteiger partial charge on any atom is -0.444 e. The van der Waals surface area contributed by atoms with Crippen molar-refractivity contribution in [2.45, 2.75) is 52.7 Å². The largest absolute Gasteiger partial charge is 0.444 e. The van der Waals surface area contributed by atoms with E-state index in [2.05, 4.69) is 65.7 Å². The highest BCUT2D eigenvalue weighted by molar-refractivity contribution is 14.1. The van der Waals surface area contributed by atoms with Crippen LogP contribution < -0.4 is 0 Å². The van der Waals surface area contributed by atoms with Gasteiger partial charge in [0.25, 0.3) is 0 Å². The Kier molecular flexibility index (Phi) is 5.07. The van der Waals surface area contributed by atoms with Gasteiger partial charge < -0.3 is 9.72 Å². The fourth-order valence-corrected chi connectivity index (χ4v) is 3.66. The van der Waals surface area contributed by atoms with Crippen molar-refractivity contribution in [3.8, 4) is 11.3 Å². The molecular formula is C20H26IN3O2. The van der Waals surface area contributed by atoms with Crippen molar-refractivity contribution in [3.05, 3.63) is 39.9 Å². The van der Waals surface area contributed by atoms with Crippen LogP contribution in [-0.2, 0) is 4.74 Å². The van der Waals surface area contributed by atoms with Crippen molar-refractivity contribution in [3.63, 3.8) is 0 Å². The molecule has 26 heavy (non-hydrogen) atoms. The molecule has 1 atom stereocenters. The fraction of sp³-hybridized carbons (Fsp3) is 0.500. The van der Waals surface area contributed by atoms with Gasteiger partial charge in [-0.15, -0.1) is 0 Å². The van der Waals surface area contributed by atoms with Crippen LogP contribution in [0.4, 0.5) is 4.79 Å². The molecule has 1 N–H and O–H groups in total. The van der Waals surface area contributed by atoms with Gasteiger partial charge >= 0.3 is 6.09 Å². The smallest absolute Gasteiger partial charge is 0.410 e. The van der Waals surface area contributed by atoms with Crippen LogP contribution in [0.25, 0.3) is 11.3 Å². The van der Waals surface area contributed by atoms with Gasteiger partial charge in [-0.25, -0.2) is 9.78 Å². The summed E-state index contributed by atoms with van der Waals surface area (Å²) in [6.07, 6.45) is 2.49. The summed E-state index contributed by atoms with van der Waals surface area (Å²) in [6, 6.07) is 8.15. The Morgan fingerprint density at radius 3 is 2.58 bits per heavy atom. The van der Waals surface area contributed by atoms with Gasteiger partial charge in [0.05, 0.1) is 11.7 Å². The van der Waals surface area contributed by atoms with Gasteiger partial charge in [0.2, 0.25) is 0 Å². The molecule has 2 aromatic rings. The minimum absolute atomic E-state index is 0.0252. The van der Waals surface area contributed by atoms with Crippen molar-refractivity contribution >= 4 is 28.7 Å². The highest BCUT2D eigenvalue weighted by Gasteiger charge is 2.43. The van der Waals surface area contributed by atoms with Crippen molar-refractivity contribution in [2.24, 2.45) is 5.41 Å². The number of nitrogens with one attached hydrogen (secondary N) is 1. The first-order valence-corrected chi connectivity index (χ1v) is 9.93. The van der Waals surface area contributed by atoms with Crippen LogP contribution in [-0.4, -0.2) is 33.1 Å². The Morgan fingerprint density at radius 1 is 1.31 bits per heavy atom. The molecule has 6 heteroatoms. The maximum atomic E-state index is 12.7.